The maximum atomic E-state index is 13.5. The van der Waals surface area contributed by atoms with Gasteiger partial charge < -0.3 is 5.21 Å². The zero-order valence-corrected chi connectivity index (χ0v) is 18.7. The number of hydrogen-bond donors (Lipinski definition) is 1. The first-order chi connectivity index (χ1) is 15.2. The molecule has 1 unspecified atom stereocenters. The van der Waals surface area contributed by atoms with E-state index in [1.165, 1.54) is 0 Å². The summed E-state index contributed by atoms with van der Waals surface area (Å²) in [5.74, 6) is -0.457. The van der Waals surface area contributed by atoms with Crippen LogP contribution >= 0.6 is 11.8 Å². The van der Waals surface area contributed by atoms with Gasteiger partial charge in [-0.15, -0.1) is 0 Å². The standard InChI is InChI=1S/C27H29NO2S/c1-2-3-4-11-16-25(26(28-30)21-12-7-5-8-13-21)27(29)22-17-19-24(20-18-22)31-23-14-9-6-10-15-23/h5-10,12-15,17-20,25,30H,2-4,11,16H2,1H3. The number of benzene rings is 3. The highest BCUT2D eigenvalue weighted by atomic mass is 32.2. The van der Waals surface area contributed by atoms with Crippen LogP contribution in [0, 0.1) is 5.92 Å². The molecule has 160 valence electrons. The predicted octanol–water partition coefficient (Wildman–Crippen LogP) is 7.49. The highest BCUT2D eigenvalue weighted by Gasteiger charge is 2.27. The van der Waals surface area contributed by atoms with Crippen LogP contribution in [0.15, 0.2) is 99.9 Å². The molecule has 0 amide bonds. The van der Waals surface area contributed by atoms with Crippen LogP contribution in [0.3, 0.4) is 0 Å². The summed E-state index contributed by atoms with van der Waals surface area (Å²) in [4.78, 5) is 15.7. The van der Waals surface area contributed by atoms with Gasteiger partial charge in [0, 0.05) is 20.9 Å². The van der Waals surface area contributed by atoms with Crippen molar-refractivity contribution in [1.82, 2.24) is 0 Å². The van der Waals surface area contributed by atoms with Gasteiger partial charge in [0.1, 0.15) is 0 Å². The first-order valence-corrected chi connectivity index (χ1v) is 11.7. The summed E-state index contributed by atoms with van der Waals surface area (Å²) >= 11 is 1.67. The minimum atomic E-state index is -0.461. The SMILES string of the molecule is CCCCCCC(C(=O)c1ccc(Sc2ccccc2)cc1)C(=NO)c1ccccc1. The Kier molecular flexibility index (Phi) is 8.92. The second-order valence-corrected chi connectivity index (χ2v) is 8.70. The van der Waals surface area contributed by atoms with Crippen LogP contribution in [-0.4, -0.2) is 16.7 Å². The van der Waals surface area contributed by atoms with Crippen molar-refractivity contribution in [3.05, 3.63) is 96.1 Å². The summed E-state index contributed by atoms with van der Waals surface area (Å²) in [6, 6.07) is 27.4. The highest BCUT2D eigenvalue weighted by Crippen LogP contribution is 2.29. The van der Waals surface area contributed by atoms with Crippen molar-refractivity contribution in [1.29, 1.82) is 0 Å². The van der Waals surface area contributed by atoms with Gasteiger partial charge in [0.2, 0.25) is 0 Å². The zero-order valence-electron chi connectivity index (χ0n) is 17.9. The van der Waals surface area contributed by atoms with Gasteiger partial charge in [-0.2, -0.15) is 0 Å². The van der Waals surface area contributed by atoms with Crippen molar-refractivity contribution in [2.75, 3.05) is 0 Å². The Hall–Kier alpha value is -2.85. The number of oxime groups is 1. The Morgan fingerprint density at radius 3 is 2.03 bits per heavy atom. The number of rotatable bonds is 11. The van der Waals surface area contributed by atoms with E-state index >= 15 is 0 Å². The maximum Gasteiger partial charge on any atom is 0.172 e. The Bertz CT molecular complexity index is 969. The number of Topliss-reactive ketones (excluding diaryl/α,β-unsaturated/α-hetero) is 1. The molecule has 3 aromatic carbocycles. The van der Waals surface area contributed by atoms with E-state index in [1.807, 2.05) is 72.8 Å². The van der Waals surface area contributed by atoms with Crippen molar-refractivity contribution in [2.24, 2.45) is 11.1 Å². The van der Waals surface area contributed by atoms with Crippen molar-refractivity contribution in [2.45, 2.75) is 48.8 Å². The molecule has 4 heteroatoms. The zero-order chi connectivity index (χ0) is 21.9. The summed E-state index contributed by atoms with van der Waals surface area (Å²) in [6.07, 6.45) is 4.95. The Labute approximate surface area is 189 Å². The molecule has 0 heterocycles. The summed E-state index contributed by atoms with van der Waals surface area (Å²) < 4.78 is 0. The fourth-order valence-corrected chi connectivity index (χ4v) is 4.46. The quantitative estimate of drug-likeness (QED) is 0.112. The minimum absolute atomic E-state index is 0.00409. The molecule has 0 radical (unpaired) electrons. The number of unbranched alkanes of at least 4 members (excludes halogenated alkanes) is 3. The van der Waals surface area contributed by atoms with Gasteiger partial charge in [-0.25, -0.2) is 0 Å². The summed E-state index contributed by atoms with van der Waals surface area (Å²) in [6.45, 7) is 2.17. The fourth-order valence-electron chi connectivity index (χ4n) is 3.62. The molecule has 31 heavy (non-hydrogen) atoms. The topological polar surface area (TPSA) is 49.7 Å². The van der Waals surface area contributed by atoms with Crippen molar-refractivity contribution < 1.29 is 10.0 Å². The third-order valence-electron chi connectivity index (χ3n) is 5.29. The molecule has 1 atom stereocenters. The largest absolute Gasteiger partial charge is 0.411 e. The van der Waals surface area contributed by atoms with Crippen molar-refractivity contribution in [3.63, 3.8) is 0 Å². The lowest BCUT2D eigenvalue weighted by atomic mass is 9.85. The number of nitrogens with zero attached hydrogens (tertiary/aromatic N) is 1. The molecule has 0 aliphatic carbocycles. The summed E-state index contributed by atoms with van der Waals surface area (Å²) in [5.41, 5.74) is 1.88. The molecule has 1 N–H and O–H groups in total. The van der Waals surface area contributed by atoms with Gasteiger partial charge in [-0.3, -0.25) is 4.79 Å². The van der Waals surface area contributed by atoms with E-state index in [4.69, 9.17) is 0 Å². The normalized spacial score (nSPS) is 12.5. The third kappa shape index (κ3) is 6.56. The van der Waals surface area contributed by atoms with E-state index < -0.39 is 5.92 Å². The van der Waals surface area contributed by atoms with E-state index in [-0.39, 0.29) is 5.78 Å². The lowest BCUT2D eigenvalue weighted by Gasteiger charge is -2.18. The van der Waals surface area contributed by atoms with Crippen LogP contribution in [0.1, 0.15) is 54.9 Å². The summed E-state index contributed by atoms with van der Waals surface area (Å²) in [5, 5.41) is 13.4. The van der Waals surface area contributed by atoms with Crippen LogP contribution in [0.4, 0.5) is 0 Å². The Balaban J connectivity index is 1.79. The van der Waals surface area contributed by atoms with E-state index in [9.17, 15) is 10.0 Å². The van der Waals surface area contributed by atoms with Gasteiger partial charge >= 0.3 is 0 Å². The van der Waals surface area contributed by atoms with E-state index in [0.29, 0.717) is 17.7 Å². The van der Waals surface area contributed by atoms with Gasteiger partial charge in [-0.1, -0.05) is 110 Å². The Morgan fingerprint density at radius 2 is 1.42 bits per heavy atom. The molecule has 0 saturated carbocycles. The molecule has 0 spiro atoms. The number of carbonyl (C=O) groups excluding carboxylic acids is 1. The summed E-state index contributed by atoms with van der Waals surface area (Å²) in [7, 11) is 0. The average molecular weight is 432 g/mol. The fraction of sp³-hybridized carbons (Fsp3) is 0.259. The molecule has 0 aliphatic heterocycles. The molecule has 3 rings (SSSR count). The first-order valence-electron chi connectivity index (χ1n) is 10.9. The number of ketones is 1. The maximum absolute atomic E-state index is 13.5. The van der Waals surface area contributed by atoms with Crippen molar-refractivity contribution >= 4 is 23.3 Å². The van der Waals surface area contributed by atoms with Gasteiger partial charge in [0.15, 0.2) is 5.78 Å². The third-order valence-corrected chi connectivity index (χ3v) is 6.30. The lowest BCUT2D eigenvalue weighted by Crippen LogP contribution is -2.25. The second kappa shape index (κ2) is 12.1. The minimum Gasteiger partial charge on any atom is -0.411 e. The van der Waals surface area contributed by atoms with Crippen LogP contribution in [0.2, 0.25) is 0 Å². The molecule has 0 saturated heterocycles. The number of hydrogen-bond acceptors (Lipinski definition) is 4. The Morgan fingerprint density at radius 1 is 0.806 bits per heavy atom. The highest BCUT2D eigenvalue weighted by molar-refractivity contribution is 7.99. The number of carbonyl (C=O) groups is 1. The van der Waals surface area contributed by atoms with Gasteiger partial charge in [0.05, 0.1) is 11.6 Å². The van der Waals surface area contributed by atoms with Crippen LogP contribution in [0.25, 0.3) is 0 Å². The lowest BCUT2D eigenvalue weighted by molar-refractivity contribution is 0.0946. The van der Waals surface area contributed by atoms with E-state index in [2.05, 4.69) is 24.2 Å². The van der Waals surface area contributed by atoms with Gasteiger partial charge in [-0.05, 0) is 30.7 Å². The average Bonchev–Trinajstić information content (AvgIpc) is 2.82. The van der Waals surface area contributed by atoms with Crippen LogP contribution in [-0.2, 0) is 0 Å². The molecular weight excluding hydrogens is 402 g/mol. The molecule has 0 aromatic heterocycles. The smallest absolute Gasteiger partial charge is 0.172 e. The predicted molar refractivity (Wildman–Crippen MR) is 128 cm³/mol. The van der Waals surface area contributed by atoms with E-state index in [0.717, 1.165) is 41.0 Å². The van der Waals surface area contributed by atoms with E-state index in [1.54, 1.807) is 11.8 Å². The van der Waals surface area contributed by atoms with Crippen molar-refractivity contribution in [3.8, 4) is 0 Å². The molecule has 0 aliphatic rings. The molecular formula is C27H29NO2S. The molecule has 0 bridgehead atoms. The van der Waals surface area contributed by atoms with Crippen LogP contribution in [0.5, 0.6) is 0 Å². The molecule has 3 nitrogen and oxygen atoms in total. The second-order valence-electron chi connectivity index (χ2n) is 7.56. The van der Waals surface area contributed by atoms with Crippen LogP contribution < -0.4 is 0 Å². The first kappa shape index (κ1) is 22.8. The molecule has 0 fully saturated rings. The van der Waals surface area contributed by atoms with Gasteiger partial charge in [0.25, 0.3) is 0 Å². The molecule has 3 aromatic rings. The monoisotopic (exact) mass is 431 g/mol.